The van der Waals surface area contributed by atoms with Crippen LogP contribution in [0.2, 0.25) is 0 Å². The zero-order valence-corrected chi connectivity index (χ0v) is 17.4. The van der Waals surface area contributed by atoms with Crippen LogP contribution in [0.5, 0.6) is 0 Å². The molecule has 27 heavy (non-hydrogen) atoms. The highest BCUT2D eigenvalue weighted by molar-refractivity contribution is 7.80. The van der Waals surface area contributed by atoms with Crippen LogP contribution in [-0.4, -0.2) is 24.4 Å². The van der Waals surface area contributed by atoms with E-state index in [2.05, 4.69) is 98.5 Å². The largest absolute Gasteiger partial charge is 0.472 e. The summed E-state index contributed by atoms with van der Waals surface area (Å²) in [6.45, 7) is 4.32. The summed E-state index contributed by atoms with van der Waals surface area (Å²) in [5.74, 6) is 1.07. The first-order valence-corrected chi connectivity index (χ1v) is 12.1. The number of aliphatic imine (C=N–C) groups is 1. The Morgan fingerprint density at radius 3 is 1.93 bits per heavy atom. The highest BCUT2D eigenvalue weighted by atomic mass is 31.1. The summed E-state index contributed by atoms with van der Waals surface area (Å²) >= 11 is 0. The highest BCUT2D eigenvalue weighted by Gasteiger charge is 2.29. The maximum Gasteiger partial charge on any atom is 0.217 e. The van der Waals surface area contributed by atoms with Gasteiger partial charge in [0.1, 0.15) is 11.9 Å². The summed E-state index contributed by atoms with van der Waals surface area (Å²) in [4.78, 5) is 4.91. The molecule has 2 nitrogen and oxygen atoms in total. The van der Waals surface area contributed by atoms with Gasteiger partial charge in [0, 0.05) is 5.56 Å². The fourth-order valence-electron chi connectivity index (χ4n) is 3.37. The van der Waals surface area contributed by atoms with Crippen LogP contribution in [0.1, 0.15) is 12.5 Å². The molecule has 4 heteroatoms. The molecule has 3 aromatic rings. The third-order valence-corrected chi connectivity index (χ3v) is 8.39. The van der Waals surface area contributed by atoms with Crippen LogP contribution in [-0.2, 0) is 4.74 Å². The van der Waals surface area contributed by atoms with E-state index in [0.29, 0.717) is 0 Å². The van der Waals surface area contributed by atoms with Gasteiger partial charge < -0.3 is 4.74 Å². The number of benzene rings is 3. The average molecular weight is 391 g/mol. The lowest BCUT2D eigenvalue weighted by Gasteiger charge is -2.22. The molecule has 0 amide bonds. The summed E-state index contributed by atoms with van der Waals surface area (Å²) in [6, 6.07) is 30.1. The summed E-state index contributed by atoms with van der Waals surface area (Å²) in [5, 5.41) is 3.98. The molecule has 3 atom stereocenters. The molecule has 0 N–H and O–H groups in total. The quantitative estimate of drug-likeness (QED) is 0.596. The van der Waals surface area contributed by atoms with E-state index >= 15 is 0 Å². The molecule has 1 aliphatic heterocycles. The number of hydrogen-bond donors (Lipinski definition) is 0. The Morgan fingerprint density at radius 2 is 1.37 bits per heavy atom. The first-order chi connectivity index (χ1) is 13.3. The first kappa shape index (κ1) is 18.4. The van der Waals surface area contributed by atoms with Crippen molar-refractivity contribution in [3.05, 3.63) is 90.5 Å². The van der Waals surface area contributed by atoms with Gasteiger partial charge in [0.25, 0.3) is 0 Å². The lowest BCUT2D eigenvalue weighted by molar-refractivity contribution is 0.237. The lowest BCUT2D eigenvalue weighted by atomic mass is 10.2. The standard InChI is InChI=1S/C23H23NOP2/c1-17-23(26-2)24-22(25-17)20-15-9-10-16-21(20)27(18-11-5-3-6-12-18)19-13-7-4-8-14-19/h3-17,23,26H,1-2H3. The van der Waals surface area contributed by atoms with Crippen molar-refractivity contribution < 1.29 is 4.74 Å². The SMILES string of the molecule is CPC1N=C(c2ccccc2P(c2ccccc2)c2ccccc2)OC1C. The summed E-state index contributed by atoms with van der Waals surface area (Å²) < 4.78 is 6.18. The van der Waals surface area contributed by atoms with Gasteiger partial charge in [-0.25, -0.2) is 4.99 Å². The number of ether oxygens (including phenoxy) is 1. The summed E-state index contributed by atoms with van der Waals surface area (Å²) in [6.07, 6.45) is 0.149. The van der Waals surface area contributed by atoms with E-state index < -0.39 is 7.92 Å². The molecule has 0 bridgehead atoms. The maximum atomic E-state index is 6.18. The van der Waals surface area contributed by atoms with E-state index in [9.17, 15) is 0 Å². The third kappa shape index (κ3) is 3.84. The van der Waals surface area contributed by atoms with Crippen molar-refractivity contribution in [2.24, 2.45) is 4.99 Å². The molecular weight excluding hydrogens is 368 g/mol. The van der Waals surface area contributed by atoms with Gasteiger partial charge in [-0.05, 0) is 43.5 Å². The van der Waals surface area contributed by atoms with E-state index in [1.54, 1.807) is 0 Å². The van der Waals surface area contributed by atoms with Crippen molar-refractivity contribution >= 4 is 38.3 Å². The third-order valence-electron chi connectivity index (χ3n) is 4.70. The first-order valence-electron chi connectivity index (χ1n) is 9.19. The maximum absolute atomic E-state index is 6.18. The molecule has 3 unspecified atom stereocenters. The Hall–Kier alpha value is -2.01. The van der Waals surface area contributed by atoms with Gasteiger partial charge in [-0.3, -0.25) is 0 Å². The van der Waals surface area contributed by atoms with Gasteiger partial charge in [-0.1, -0.05) is 87.4 Å². The minimum absolute atomic E-state index is 0.149. The molecule has 0 fully saturated rings. The minimum atomic E-state index is -0.674. The number of rotatable bonds is 5. The van der Waals surface area contributed by atoms with Crippen molar-refractivity contribution in [2.45, 2.75) is 18.8 Å². The molecule has 0 aromatic heterocycles. The van der Waals surface area contributed by atoms with Gasteiger partial charge in [-0.15, -0.1) is 0 Å². The molecule has 0 saturated heterocycles. The Bertz CT molecular complexity index is 888. The van der Waals surface area contributed by atoms with Gasteiger partial charge >= 0.3 is 0 Å². The van der Waals surface area contributed by atoms with Crippen molar-refractivity contribution in [1.82, 2.24) is 0 Å². The van der Waals surface area contributed by atoms with Crippen molar-refractivity contribution in [3.8, 4) is 0 Å². The van der Waals surface area contributed by atoms with Crippen LogP contribution in [0.3, 0.4) is 0 Å². The van der Waals surface area contributed by atoms with Crippen molar-refractivity contribution in [1.29, 1.82) is 0 Å². The Kier molecular flexibility index (Phi) is 5.67. The number of hydrogen-bond acceptors (Lipinski definition) is 2. The molecule has 4 rings (SSSR count). The smallest absolute Gasteiger partial charge is 0.217 e. The molecule has 136 valence electrons. The fraction of sp³-hybridized carbons (Fsp3) is 0.174. The van der Waals surface area contributed by atoms with Crippen LogP contribution in [0.15, 0.2) is 89.9 Å². The molecule has 1 heterocycles. The van der Waals surface area contributed by atoms with E-state index in [0.717, 1.165) is 20.0 Å². The monoisotopic (exact) mass is 391 g/mol. The zero-order valence-electron chi connectivity index (χ0n) is 15.5. The van der Waals surface area contributed by atoms with Gasteiger partial charge in [0.15, 0.2) is 0 Å². The van der Waals surface area contributed by atoms with E-state index in [-0.39, 0.29) is 11.9 Å². The van der Waals surface area contributed by atoms with Crippen LogP contribution >= 0.6 is 16.5 Å². The molecule has 3 aromatic carbocycles. The number of nitrogens with zero attached hydrogens (tertiary/aromatic N) is 1. The Morgan fingerprint density at radius 1 is 0.815 bits per heavy atom. The zero-order chi connectivity index (χ0) is 18.6. The van der Waals surface area contributed by atoms with E-state index in [1.165, 1.54) is 15.9 Å². The van der Waals surface area contributed by atoms with Crippen LogP contribution in [0, 0.1) is 0 Å². The van der Waals surface area contributed by atoms with Gasteiger partial charge in [-0.2, -0.15) is 0 Å². The second kappa shape index (κ2) is 8.34. The van der Waals surface area contributed by atoms with Crippen LogP contribution in [0.4, 0.5) is 0 Å². The topological polar surface area (TPSA) is 21.6 Å². The Labute approximate surface area is 164 Å². The van der Waals surface area contributed by atoms with Gasteiger partial charge in [0.05, 0.1) is 0 Å². The molecule has 0 aliphatic carbocycles. The molecular formula is C23H23NOP2. The van der Waals surface area contributed by atoms with Crippen molar-refractivity contribution in [2.75, 3.05) is 6.66 Å². The second-order valence-electron chi connectivity index (χ2n) is 6.51. The lowest BCUT2D eigenvalue weighted by Crippen LogP contribution is -2.26. The molecule has 1 aliphatic rings. The summed E-state index contributed by atoms with van der Waals surface area (Å²) in [5.41, 5.74) is 1.13. The van der Waals surface area contributed by atoms with Crippen LogP contribution < -0.4 is 15.9 Å². The Balaban J connectivity index is 1.85. The normalized spacial score (nSPS) is 19.4. The molecule has 0 radical (unpaired) electrons. The van der Waals surface area contributed by atoms with Gasteiger partial charge in [0.2, 0.25) is 5.90 Å². The van der Waals surface area contributed by atoms with E-state index in [1.807, 2.05) is 0 Å². The van der Waals surface area contributed by atoms with Crippen LogP contribution in [0.25, 0.3) is 0 Å². The average Bonchev–Trinajstić information content (AvgIpc) is 3.11. The fourth-order valence-corrected chi connectivity index (χ4v) is 6.59. The van der Waals surface area contributed by atoms with E-state index in [4.69, 9.17) is 9.73 Å². The highest BCUT2D eigenvalue weighted by Crippen LogP contribution is 2.36. The predicted octanol–water partition coefficient (Wildman–Crippen LogP) is 4.24. The predicted molar refractivity (Wildman–Crippen MR) is 120 cm³/mol. The molecule has 0 spiro atoms. The second-order valence-corrected chi connectivity index (χ2v) is 9.87. The van der Waals surface area contributed by atoms with Crippen molar-refractivity contribution in [3.63, 3.8) is 0 Å². The summed E-state index contributed by atoms with van der Waals surface area (Å²) in [7, 11) is 0.0781. The molecule has 0 saturated carbocycles. The minimum Gasteiger partial charge on any atom is -0.472 e.